The van der Waals surface area contributed by atoms with E-state index in [2.05, 4.69) is 12.1 Å². The van der Waals surface area contributed by atoms with E-state index >= 15 is 0 Å². The van der Waals surface area contributed by atoms with E-state index in [0.717, 1.165) is 12.8 Å². The third-order valence-corrected chi connectivity index (χ3v) is 4.58. The summed E-state index contributed by atoms with van der Waals surface area (Å²) in [6.07, 6.45) is 2.01. The molecule has 1 aromatic carbocycles. The smallest absolute Gasteiger partial charge is 0.318 e. The van der Waals surface area contributed by atoms with Gasteiger partial charge in [0.25, 0.3) is 0 Å². The second-order valence-electron chi connectivity index (χ2n) is 5.21. The Balaban J connectivity index is 1.94. The lowest BCUT2D eigenvalue weighted by Gasteiger charge is -2.43. The summed E-state index contributed by atoms with van der Waals surface area (Å²) in [7, 11) is 0. The quantitative estimate of drug-likeness (QED) is 0.503. The van der Waals surface area contributed by atoms with Crippen LogP contribution < -0.4 is 0 Å². The molecular formula is C14H12O3. The van der Waals surface area contributed by atoms with Gasteiger partial charge in [-0.1, -0.05) is 24.3 Å². The second-order valence-corrected chi connectivity index (χ2v) is 5.21. The molecule has 3 heteroatoms. The van der Waals surface area contributed by atoms with E-state index in [1.165, 1.54) is 11.1 Å². The molecule has 2 bridgehead atoms. The minimum absolute atomic E-state index is 0.195. The van der Waals surface area contributed by atoms with Gasteiger partial charge in [-0.05, 0) is 35.8 Å². The van der Waals surface area contributed by atoms with Crippen molar-refractivity contribution in [3.63, 3.8) is 0 Å². The molecule has 0 aromatic heterocycles. The van der Waals surface area contributed by atoms with E-state index in [9.17, 15) is 9.59 Å². The Morgan fingerprint density at radius 3 is 1.82 bits per heavy atom. The monoisotopic (exact) mass is 228 g/mol. The summed E-state index contributed by atoms with van der Waals surface area (Å²) >= 11 is 0. The van der Waals surface area contributed by atoms with Crippen LogP contribution in [0, 0.1) is 11.8 Å². The average molecular weight is 228 g/mol. The fraction of sp³-hybridized carbons (Fsp3) is 0.429. The lowest BCUT2D eigenvalue weighted by Crippen LogP contribution is -2.39. The van der Waals surface area contributed by atoms with Crippen molar-refractivity contribution in [3.05, 3.63) is 35.4 Å². The van der Waals surface area contributed by atoms with Crippen LogP contribution in [0.2, 0.25) is 0 Å². The van der Waals surface area contributed by atoms with Gasteiger partial charge < -0.3 is 4.74 Å². The molecule has 17 heavy (non-hydrogen) atoms. The highest BCUT2D eigenvalue weighted by Gasteiger charge is 2.58. The number of rotatable bonds is 0. The SMILES string of the molecule is O=C1OC(=O)[C@H]2[C@@H]1[C@@H]1CC[C@H]2c2ccccc21. The van der Waals surface area contributed by atoms with Gasteiger partial charge in [0.05, 0.1) is 11.8 Å². The van der Waals surface area contributed by atoms with Crippen molar-refractivity contribution < 1.29 is 14.3 Å². The van der Waals surface area contributed by atoms with Gasteiger partial charge in [-0.2, -0.15) is 0 Å². The molecule has 0 N–H and O–H groups in total. The lowest BCUT2D eigenvalue weighted by atomic mass is 9.57. The van der Waals surface area contributed by atoms with Crippen molar-refractivity contribution in [1.82, 2.24) is 0 Å². The largest absolute Gasteiger partial charge is 0.393 e. The van der Waals surface area contributed by atoms with Gasteiger partial charge in [0.15, 0.2) is 0 Å². The van der Waals surface area contributed by atoms with Crippen LogP contribution in [-0.4, -0.2) is 11.9 Å². The third-order valence-electron chi connectivity index (χ3n) is 4.58. The van der Waals surface area contributed by atoms with E-state index < -0.39 is 0 Å². The first-order valence-electron chi connectivity index (χ1n) is 6.12. The zero-order valence-electron chi connectivity index (χ0n) is 9.26. The Morgan fingerprint density at radius 1 is 0.882 bits per heavy atom. The van der Waals surface area contributed by atoms with Gasteiger partial charge in [0.2, 0.25) is 0 Å². The predicted molar refractivity (Wildman–Crippen MR) is 59.2 cm³/mol. The highest BCUT2D eigenvalue weighted by molar-refractivity contribution is 5.98. The third kappa shape index (κ3) is 1.02. The fourth-order valence-electron chi connectivity index (χ4n) is 3.96. The van der Waals surface area contributed by atoms with Gasteiger partial charge >= 0.3 is 11.9 Å². The molecule has 0 spiro atoms. The molecule has 3 nitrogen and oxygen atoms in total. The molecule has 0 radical (unpaired) electrons. The lowest BCUT2D eigenvalue weighted by molar-refractivity contribution is -0.153. The predicted octanol–water partition coefficient (Wildman–Crippen LogP) is 1.98. The maximum Gasteiger partial charge on any atom is 0.318 e. The number of hydrogen-bond acceptors (Lipinski definition) is 3. The maximum atomic E-state index is 11.8. The van der Waals surface area contributed by atoms with Gasteiger partial charge in [-0.15, -0.1) is 0 Å². The molecular weight excluding hydrogens is 216 g/mol. The van der Waals surface area contributed by atoms with Gasteiger partial charge in [-0.25, -0.2) is 0 Å². The van der Waals surface area contributed by atoms with Crippen molar-refractivity contribution >= 4 is 11.9 Å². The molecule has 1 saturated heterocycles. The summed E-state index contributed by atoms with van der Waals surface area (Å²) in [5, 5.41) is 0. The summed E-state index contributed by atoms with van der Waals surface area (Å²) in [5.74, 6) is -0.638. The Labute approximate surface area is 98.8 Å². The molecule has 5 rings (SSSR count). The van der Waals surface area contributed by atoms with E-state index in [0.29, 0.717) is 0 Å². The van der Waals surface area contributed by atoms with E-state index in [1.54, 1.807) is 0 Å². The molecule has 4 aliphatic rings. The summed E-state index contributed by atoms with van der Waals surface area (Å²) in [6.45, 7) is 0. The van der Waals surface area contributed by atoms with Crippen LogP contribution in [0.15, 0.2) is 24.3 Å². The Hall–Kier alpha value is -1.64. The molecule has 3 aliphatic carbocycles. The topological polar surface area (TPSA) is 43.4 Å². The second kappa shape index (κ2) is 2.97. The maximum absolute atomic E-state index is 11.8. The Bertz CT molecular complexity index is 487. The minimum Gasteiger partial charge on any atom is -0.393 e. The molecule has 4 atom stereocenters. The summed E-state index contributed by atoms with van der Waals surface area (Å²) < 4.78 is 4.84. The van der Waals surface area contributed by atoms with E-state index in [-0.39, 0.29) is 35.6 Å². The molecule has 1 aromatic rings. The van der Waals surface area contributed by atoms with Crippen LogP contribution in [0.4, 0.5) is 0 Å². The first kappa shape index (κ1) is 9.40. The van der Waals surface area contributed by atoms with Crippen LogP contribution in [0.1, 0.15) is 35.8 Å². The molecule has 1 aliphatic heterocycles. The van der Waals surface area contributed by atoms with Gasteiger partial charge in [0.1, 0.15) is 0 Å². The number of carbonyl (C=O) groups is 2. The standard InChI is InChI=1S/C14H12O3/c15-13-11-9-5-6-10(12(11)14(16)17-13)8-4-2-1-3-7(8)9/h1-4,9-12H,5-6H2/t9-,10+,11+,12-. The fourth-order valence-corrected chi connectivity index (χ4v) is 3.96. The zero-order valence-corrected chi connectivity index (χ0v) is 9.26. The van der Waals surface area contributed by atoms with Crippen molar-refractivity contribution in [2.45, 2.75) is 24.7 Å². The summed E-state index contributed by atoms with van der Waals surface area (Å²) in [4.78, 5) is 23.6. The number of cyclic esters (lactones) is 2. The van der Waals surface area contributed by atoms with Crippen LogP contribution >= 0.6 is 0 Å². The first-order valence-corrected chi connectivity index (χ1v) is 6.12. The molecule has 86 valence electrons. The van der Waals surface area contributed by atoms with Crippen LogP contribution in [-0.2, 0) is 14.3 Å². The number of fused-ring (bicyclic) bond motifs is 1. The number of carbonyl (C=O) groups excluding carboxylic acids is 2. The minimum atomic E-state index is -0.302. The Kier molecular flexibility index (Phi) is 1.64. The highest BCUT2D eigenvalue weighted by atomic mass is 16.6. The zero-order chi connectivity index (χ0) is 11.6. The summed E-state index contributed by atoms with van der Waals surface area (Å²) in [6, 6.07) is 8.21. The molecule has 0 unspecified atom stereocenters. The van der Waals surface area contributed by atoms with Crippen molar-refractivity contribution in [2.24, 2.45) is 11.8 Å². The number of benzene rings is 1. The van der Waals surface area contributed by atoms with Crippen LogP contribution in [0.25, 0.3) is 0 Å². The normalized spacial score (nSPS) is 37.6. The van der Waals surface area contributed by atoms with Crippen LogP contribution in [0.3, 0.4) is 0 Å². The van der Waals surface area contributed by atoms with Crippen molar-refractivity contribution in [2.75, 3.05) is 0 Å². The highest BCUT2D eigenvalue weighted by Crippen LogP contribution is 2.58. The van der Waals surface area contributed by atoms with Crippen LogP contribution in [0.5, 0.6) is 0 Å². The molecule has 1 saturated carbocycles. The molecule has 1 heterocycles. The van der Waals surface area contributed by atoms with E-state index in [1.807, 2.05) is 12.1 Å². The molecule has 0 amide bonds. The Morgan fingerprint density at radius 2 is 1.35 bits per heavy atom. The van der Waals surface area contributed by atoms with Gasteiger partial charge in [0, 0.05) is 0 Å². The van der Waals surface area contributed by atoms with Crippen molar-refractivity contribution in [3.8, 4) is 0 Å². The van der Waals surface area contributed by atoms with Gasteiger partial charge in [-0.3, -0.25) is 9.59 Å². The number of hydrogen-bond donors (Lipinski definition) is 0. The molecule has 2 fully saturated rings. The average Bonchev–Trinajstić information content (AvgIpc) is 2.68. The number of esters is 2. The van der Waals surface area contributed by atoms with Crippen molar-refractivity contribution in [1.29, 1.82) is 0 Å². The first-order chi connectivity index (χ1) is 8.27. The summed E-state index contributed by atoms with van der Waals surface area (Å²) in [5.41, 5.74) is 2.52. The number of ether oxygens (including phenoxy) is 1. The van der Waals surface area contributed by atoms with E-state index in [4.69, 9.17) is 4.74 Å².